The average molecular weight is 268 g/mol. The molecule has 5 heteroatoms. The average Bonchev–Trinajstić information content (AvgIpc) is 2.82. The molecule has 2 aliphatic heterocycles. The van der Waals surface area contributed by atoms with Gasteiger partial charge in [0, 0.05) is 32.1 Å². The fourth-order valence-corrected chi connectivity index (χ4v) is 3.13. The third-order valence-corrected chi connectivity index (χ3v) is 4.26. The smallest absolute Gasteiger partial charge is 0.320 e. The van der Waals surface area contributed by atoms with Crippen LogP contribution in [0, 0.1) is 5.92 Å². The van der Waals surface area contributed by atoms with Gasteiger partial charge in [-0.05, 0) is 38.0 Å². The van der Waals surface area contributed by atoms with Crippen LogP contribution in [0.15, 0.2) is 0 Å². The normalized spacial score (nSPS) is 27.6. The van der Waals surface area contributed by atoms with Crippen molar-refractivity contribution in [1.82, 2.24) is 9.80 Å². The van der Waals surface area contributed by atoms with Gasteiger partial charge in [-0.2, -0.15) is 0 Å². The van der Waals surface area contributed by atoms with Crippen molar-refractivity contribution in [2.24, 2.45) is 5.92 Å². The van der Waals surface area contributed by atoms with Gasteiger partial charge in [-0.15, -0.1) is 0 Å². The van der Waals surface area contributed by atoms with Gasteiger partial charge in [0.1, 0.15) is 0 Å². The molecule has 0 spiro atoms. The Morgan fingerprint density at radius 1 is 1.21 bits per heavy atom. The Hall–Kier alpha value is -1.26. The van der Waals surface area contributed by atoms with Crippen LogP contribution in [0.5, 0.6) is 0 Å². The number of carboxylic acid groups (broad SMARTS) is 1. The van der Waals surface area contributed by atoms with Gasteiger partial charge in [0.15, 0.2) is 0 Å². The van der Waals surface area contributed by atoms with E-state index in [1.54, 1.807) is 0 Å². The molecule has 0 aromatic rings. The first-order valence-corrected chi connectivity index (χ1v) is 7.35. The predicted octanol–water partition coefficient (Wildman–Crippen LogP) is 2.17. The zero-order valence-corrected chi connectivity index (χ0v) is 11.7. The zero-order chi connectivity index (χ0) is 13.8. The molecule has 2 saturated heterocycles. The first-order chi connectivity index (χ1) is 9.08. The molecule has 2 rings (SSSR count). The number of hydrogen-bond donors (Lipinski definition) is 1. The van der Waals surface area contributed by atoms with Gasteiger partial charge < -0.3 is 14.9 Å². The molecule has 2 amide bonds. The molecule has 0 aliphatic carbocycles. The topological polar surface area (TPSA) is 60.9 Å². The third kappa shape index (κ3) is 3.61. The summed E-state index contributed by atoms with van der Waals surface area (Å²) < 4.78 is 0. The highest BCUT2D eigenvalue weighted by Crippen LogP contribution is 2.24. The molecule has 2 aliphatic rings. The summed E-state index contributed by atoms with van der Waals surface area (Å²) in [6.07, 6.45) is 4.92. The lowest BCUT2D eigenvalue weighted by atomic mass is 9.98. The molecule has 0 radical (unpaired) electrons. The minimum atomic E-state index is -0.771. The van der Waals surface area contributed by atoms with Crippen LogP contribution in [0.1, 0.15) is 45.4 Å². The minimum absolute atomic E-state index is 0.119. The number of rotatable bonds is 3. The van der Waals surface area contributed by atoms with Crippen molar-refractivity contribution >= 4 is 12.0 Å². The monoisotopic (exact) mass is 268 g/mol. The van der Waals surface area contributed by atoms with Gasteiger partial charge >= 0.3 is 12.0 Å². The zero-order valence-electron chi connectivity index (χ0n) is 11.7. The maximum absolute atomic E-state index is 12.5. The second kappa shape index (κ2) is 6.26. The van der Waals surface area contributed by atoms with Crippen molar-refractivity contribution in [2.45, 2.75) is 51.5 Å². The predicted molar refractivity (Wildman–Crippen MR) is 72.0 cm³/mol. The number of likely N-dealkylation sites (tertiary alicyclic amines) is 2. The lowest BCUT2D eigenvalue weighted by Gasteiger charge is -2.38. The maximum atomic E-state index is 12.5. The van der Waals surface area contributed by atoms with Crippen LogP contribution in [0.4, 0.5) is 4.79 Å². The molecular weight excluding hydrogens is 244 g/mol. The first kappa shape index (κ1) is 14.2. The fraction of sp³-hybridized carbons (Fsp3) is 0.857. The van der Waals surface area contributed by atoms with E-state index in [1.165, 1.54) is 0 Å². The highest BCUT2D eigenvalue weighted by Gasteiger charge is 2.32. The summed E-state index contributed by atoms with van der Waals surface area (Å²) in [6, 6.07) is 0.243. The number of urea groups is 1. The van der Waals surface area contributed by atoms with Gasteiger partial charge in [-0.3, -0.25) is 4.79 Å². The summed E-state index contributed by atoms with van der Waals surface area (Å²) >= 11 is 0. The van der Waals surface area contributed by atoms with Crippen molar-refractivity contribution in [3.05, 3.63) is 0 Å². The van der Waals surface area contributed by atoms with E-state index in [2.05, 4.69) is 6.92 Å². The number of carbonyl (C=O) groups is 2. The van der Waals surface area contributed by atoms with E-state index >= 15 is 0 Å². The van der Waals surface area contributed by atoms with Crippen LogP contribution in [-0.4, -0.2) is 52.6 Å². The summed E-state index contributed by atoms with van der Waals surface area (Å²) in [6.45, 7) is 4.66. The lowest BCUT2D eigenvalue weighted by Crippen LogP contribution is -2.49. The van der Waals surface area contributed by atoms with E-state index < -0.39 is 5.97 Å². The van der Waals surface area contributed by atoms with E-state index in [4.69, 9.17) is 5.11 Å². The molecule has 19 heavy (non-hydrogen) atoms. The number of aliphatic carboxylic acids is 1. The number of piperidine rings is 1. The SMILES string of the molecule is CC1CCN(C(=O)N2CCCCC2CCC(=O)O)C1. The Morgan fingerprint density at radius 3 is 2.63 bits per heavy atom. The Morgan fingerprint density at radius 2 is 2.00 bits per heavy atom. The standard InChI is InChI=1S/C14H24N2O3/c1-11-7-9-15(10-11)14(19)16-8-3-2-4-12(16)5-6-13(17)18/h11-12H,2-10H2,1H3,(H,17,18). The molecule has 1 N–H and O–H groups in total. The van der Waals surface area contributed by atoms with Gasteiger partial charge in [0.2, 0.25) is 0 Å². The summed E-state index contributed by atoms with van der Waals surface area (Å²) in [5, 5.41) is 8.80. The molecular formula is C14H24N2O3. The van der Waals surface area contributed by atoms with E-state index in [0.29, 0.717) is 12.3 Å². The number of nitrogens with zero attached hydrogens (tertiary/aromatic N) is 2. The van der Waals surface area contributed by atoms with Crippen LogP contribution in [0.3, 0.4) is 0 Å². The molecule has 0 bridgehead atoms. The molecule has 0 aromatic carbocycles. The summed E-state index contributed by atoms with van der Waals surface area (Å²) in [4.78, 5) is 27.1. The second-order valence-electron chi connectivity index (χ2n) is 5.90. The molecule has 0 saturated carbocycles. The maximum Gasteiger partial charge on any atom is 0.320 e. The fourth-order valence-electron chi connectivity index (χ4n) is 3.13. The van der Waals surface area contributed by atoms with Gasteiger partial charge in [0.25, 0.3) is 0 Å². The molecule has 2 unspecified atom stereocenters. The third-order valence-electron chi connectivity index (χ3n) is 4.26. The number of hydrogen-bond acceptors (Lipinski definition) is 2. The van der Waals surface area contributed by atoms with Crippen LogP contribution in [0.25, 0.3) is 0 Å². The van der Waals surface area contributed by atoms with Crippen molar-refractivity contribution in [1.29, 1.82) is 0 Å². The highest BCUT2D eigenvalue weighted by molar-refractivity contribution is 5.75. The molecule has 2 fully saturated rings. The van der Waals surface area contributed by atoms with Crippen molar-refractivity contribution < 1.29 is 14.7 Å². The van der Waals surface area contributed by atoms with Crippen LogP contribution in [0.2, 0.25) is 0 Å². The van der Waals surface area contributed by atoms with Gasteiger partial charge in [-0.25, -0.2) is 4.79 Å². The van der Waals surface area contributed by atoms with Crippen LogP contribution < -0.4 is 0 Å². The molecule has 0 aromatic heterocycles. The lowest BCUT2D eigenvalue weighted by molar-refractivity contribution is -0.137. The Kier molecular flexibility index (Phi) is 4.66. The van der Waals surface area contributed by atoms with Crippen molar-refractivity contribution in [3.63, 3.8) is 0 Å². The number of carbonyl (C=O) groups excluding carboxylic acids is 1. The molecule has 2 atom stereocenters. The first-order valence-electron chi connectivity index (χ1n) is 7.35. The molecule has 108 valence electrons. The number of amides is 2. The Labute approximate surface area is 114 Å². The molecule has 5 nitrogen and oxygen atoms in total. The second-order valence-corrected chi connectivity index (χ2v) is 5.90. The van der Waals surface area contributed by atoms with Crippen molar-refractivity contribution in [3.8, 4) is 0 Å². The van der Waals surface area contributed by atoms with E-state index in [9.17, 15) is 9.59 Å². The molecule has 2 heterocycles. The minimum Gasteiger partial charge on any atom is -0.481 e. The van der Waals surface area contributed by atoms with Crippen LogP contribution in [-0.2, 0) is 4.79 Å². The quantitative estimate of drug-likeness (QED) is 0.853. The largest absolute Gasteiger partial charge is 0.481 e. The summed E-state index contributed by atoms with van der Waals surface area (Å²) in [5.41, 5.74) is 0. The highest BCUT2D eigenvalue weighted by atomic mass is 16.4. The van der Waals surface area contributed by atoms with Crippen molar-refractivity contribution in [2.75, 3.05) is 19.6 Å². The van der Waals surface area contributed by atoms with Gasteiger partial charge in [-0.1, -0.05) is 6.92 Å². The summed E-state index contributed by atoms with van der Waals surface area (Å²) in [7, 11) is 0. The summed E-state index contributed by atoms with van der Waals surface area (Å²) in [5.74, 6) is -0.182. The number of carboxylic acids is 1. The van der Waals surface area contributed by atoms with E-state index in [-0.39, 0.29) is 18.5 Å². The van der Waals surface area contributed by atoms with E-state index in [0.717, 1.165) is 45.3 Å². The van der Waals surface area contributed by atoms with Crippen LogP contribution >= 0.6 is 0 Å². The Bertz CT molecular complexity index is 346. The van der Waals surface area contributed by atoms with Gasteiger partial charge in [0.05, 0.1) is 0 Å². The van der Waals surface area contributed by atoms with E-state index in [1.807, 2.05) is 9.80 Å². The Balaban J connectivity index is 1.94.